The molecule has 1 saturated heterocycles. The first-order chi connectivity index (χ1) is 13.6. The number of hydrogen-bond acceptors (Lipinski definition) is 4. The van der Waals surface area contributed by atoms with Crippen molar-refractivity contribution in [3.05, 3.63) is 66.5 Å². The van der Waals surface area contributed by atoms with Crippen molar-refractivity contribution in [3.8, 4) is 5.82 Å². The summed E-state index contributed by atoms with van der Waals surface area (Å²) in [6.07, 6.45) is 3.79. The highest BCUT2D eigenvalue weighted by atomic mass is 19.1. The van der Waals surface area contributed by atoms with Gasteiger partial charge in [-0.25, -0.2) is 13.6 Å². The number of carbonyl (C=O) groups is 1. The summed E-state index contributed by atoms with van der Waals surface area (Å²) in [5.74, 6) is -0.0216. The van der Waals surface area contributed by atoms with Gasteiger partial charge in [0.05, 0.1) is 5.69 Å². The minimum atomic E-state index is -0.801. The van der Waals surface area contributed by atoms with Gasteiger partial charge in [-0.1, -0.05) is 0 Å². The van der Waals surface area contributed by atoms with Gasteiger partial charge in [0.25, 0.3) is 0 Å². The van der Waals surface area contributed by atoms with Crippen molar-refractivity contribution in [2.45, 2.75) is 0 Å². The summed E-state index contributed by atoms with van der Waals surface area (Å²) in [6, 6.07) is 10.2. The monoisotopic (exact) mass is 384 g/mol. The van der Waals surface area contributed by atoms with Crippen molar-refractivity contribution in [1.29, 1.82) is 0 Å². The van der Waals surface area contributed by atoms with Gasteiger partial charge in [0.1, 0.15) is 11.6 Å². The van der Waals surface area contributed by atoms with Crippen LogP contribution in [0.5, 0.6) is 0 Å². The maximum atomic E-state index is 13.7. The number of benzene rings is 1. The van der Waals surface area contributed by atoms with Crippen molar-refractivity contribution in [3.63, 3.8) is 0 Å². The zero-order valence-corrected chi connectivity index (χ0v) is 14.9. The number of hydrogen-bond donors (Lipinski definition) is 1. The van der Waals surface area contributed by atoms with Crippen molar-refractivity contribution in [2.75, 3.05) is 36.4 Å². The lowest BCUT2D eigenvalue weighted by Gasteiger charge is -2.35. The van der Waals surface area contributed by atoms with Crippen LogP contribution in [0.15, 0.2) is 54.9 Å². The van der Waals surface area contributed by atoms with Crippen LogP contribution in [0.4, 0.5) is 25.1 Å². The van der Waals surface area contributed by atoms with Crippen LogP contribution in [-0.4, -0.2) is 51.9 Å². The van der Waals surface area contributed by atoms with Crippen LogP contribution >= 0.6 is 0 Å². The van der Waals surface area contributed by atoms with E-state index in [4.69, 9.17) is 0 Å². The molecule has 1 fully saturated rings. The number of piperazine rings is 1. The number of amides is 2. The molecule has 2 aromatic heterocycles. The van der Waals surface area contributed by atoms with Gasteiger partial charge in [-0.05, 0) is 36.4 Å². The first-order valence-corrected chi connectivity index (χ1v) is 8.83. The van der Waals surface area contributed by atoms with Crippen LogP contribution < -0.4 is 10.2 Å². The summed E-state index contributed by atoms with van der Waals surface area (Å²) >= 11 is 0. The van der Waals surface area contributed by atoms with E-state index in [0.29, 0.717) is 26.2 Å². The number of nitrogens with zero attached hydrogens (tertiary/aromatic N) is 5. The zero-order valence-electron chi connectivity index (χ0n) is 14.9. The summed E-state index contributed by atoms with van der Waals surface area (Å²) < 4.78 is 28.5. The second-order valence-corrected chi connectivity index (χ2v) is 6.37. The van der Waals surface area contributed by atoms with Crippen LogP contribution in [0.3, 0.4) is 0 Å². The van der Waals surface area contributed by atoms with Gasteiger partial charge >= 0.3 is 6.03 Å². The average molecular weight is 384 g/mol. The van der Waals surface area contributed by atoms with Crippen molar-refractivity contribution in [2.24, 2.45) is 0 Å². The Morgan fingerprint density at radius 1 is 0.929 bits per heavy atom. The zero-order chi connectivity index (χ0) is 19.5. The predicted molar refractivity (Wildman–Crippen MR) is 101 cm³/mol. The number of nitrogens with one attached hydrogen (secondary N) is 1. The van der Waals surface area contributed by atoms with Gasteiger partial charge in [-0.3, -0.25) is 0 Å². The highest BCUT2D eigenvalue weighted by Gasteiger charge is 2.23. The highest BCUT2D eigenvalue weighted by molar-refractivity contribution is 5.89. The van der Waals surface area contributed by atoms with Crippen molar-refractivity contribution >= 4 is 17.5 Å². The largest absolute Gasteiger partial charge is 0.352 e. The van der Waals surface area contributed by atoms with Gasteiger partial charge in [-0.15, -0.1) is 10.2 Å². The molecule has 0 unspecified atom stereocenters. The minimum Gasteiger partial charge on any atom is -0.352 e. The smallest absolute Gasteiger partial charge is 0.322 e. The second-order valence-electron chi connectivity index (χ2n) is 6.37. The molecule has 0 bridgehead atoms. The lowest BCUT2D eigenvalue weighted by atomic mass is 10.3. The lowest BCUT2D eigenvalue weighted by Crippen LogP contribution is -2.50. The minimum absolute atomic E-state index is 0.0414. The van der Waals surface area contributed by atoms with Gasteiger partial charge in [-0.2, -0.15) is 0 Å². The maximum Gasteiger partial charge on any atom is 0.322 e. The highest BCUT2D eigenvalue weighted by Crippen LogP contribution is 2.18. The average Bonchev–Trinajstić information content (AvgIpc) is 3.25. The van der Waals surface area contributed by atoms with Gasteiger partial charge in [0.15, 0.2) is 11.6 Å². The third-order valence-corrected chi connectivity index (χ3v) is 4.57. The molecular formula is C19H18F2N6O. The molecule has 0 spiro atoms. The molecule has 0 saturated carbocycles. The predicted octanol–water partition coefficient (Wildman–Crippen LogP) is 2.90. The molecule has 3 aromatic rings. The van der Waals surface area contributed by atoms with Crippen LogP contribution in [-0.2, 0) is 0 Å². The van der Waals surface area contributed by atoms with Gasteiger partial charge < -0.3 is 19.7 Å². The normalized spacial score (nSPS) is 14.2. The molecule has 1 N–H and O–H groups in total. The fraction of sp³-hybridized carbons (Fsp3) is 0.211. The van der Waals surface area contributed by atoms with Gasteiger partial charge in [0, 0.05) is 44.6 Å². The van der Waals surface area contributed by atoms with E-state index in [0.717, 1.165) is 23.8 Å². The standard InChI is InChI=1S/C19H18F2N6O/c20-14-3-4-16(15(21)13-14)22-19(28)27-11-9-26(10-12-27)18-6-5-17(23-24-18)25-7-1-2-8-25/h1-8,13H,9-12H2,(H,22,28). The number of aromatic nitrogens is 3. The second kappa shape index (κ2) is 7.63. The molecule has 1 aliphatic heterocycles. The number of rotatable bonds is 3. The van der Waals surface area contributed by atoms with Crippen LogP contribution in [0.2, 0.25) is 0 Å². The Bertz CT molecular complexity index is 953. The van der Waals surface area contributed by atoms with Crippen molar-refractivity contribution < 1.29 is 13.6 Å². The molecule has 2 amide bonds. The van der Waals surface area contributed by atoms with E-state index < -0.39 is 17.7 Å². The molecule has 0 atom stereocenters. The third-order valence-electron chi connectivity index (χ3n) is 4.57. The lowest BCUT2D eigenvalue weighted by molar-refractivity contribution is 0.208. The molecule has 0 radical (unpaired) electrons. The van der Waals surface area contributed by atoms with Crippen LogP contribution in [0.25, 0.3) is 5.82 Å². The molecule has 7 nitrogen and oxygen atoms in total. The number of carbonyl (C=O) groups excluding carboxylic acids is 1. The number of halogens is 2. The molecule has 1 aromatic carbocycles. The van der Waals surface area contributed by atoms with Gasteiger partial charge in [0.2, 0.25) is 0 Å². The summed E-state index contributed by atoms with van der Waals surface area (Å²) in [5.41, 5.74) is -0.0414. The first kappa shape index (κ1) is 17.9. The first-order valence-electron chi connectivity index (χ1n) is 8.83. The van der Waals surface area contributed by atoms with E-state index in [1.807, 2.05) is 46.1 Å². The van der Waals surface area contributed by atoms with Crippen LogP contribution in [0, 0.1) is 11.6 Å². The Morgan fingerprint density at radius 3 is 2.25 bits per heavy atom. The van der Waals surface area contributed by atoms with E-state index in [2.05, 4.69) is 15.5 Å². The summed E-state index contributed by atoms with van der Waals surface area (Å²) in [4.78, 5) is 15.9. The van der Waals surface area contributed by atoms with E-state index in [-0.39, 0.29) is 5.69 Å². The molecule has 28 heavy (non-hydrogen) atoms. The SMILES string of the molecule is O=C(Nc1ccc(F)cc1F)N1CCN(c2ccc(-n3cccc3)nn2)CC1. The molecule has 1 aliphatic rings. The summed E-state index contributed by atoms with van der Waals surface area (Å²) in [5, 5.41) is 11.0. The molecule has 144 valence electrons. The Hall–Kier alpha value is -3.49. The molecule has 3 heterocycles. The van der Waals surface area contributed by atoms with E-state index in [9.17, 15) is 13.6 Å². The molecule has 9 heteroatoms. The third kappa shape index (κ3) is 3.78. The quantitative estimate of drug-likeness (QED) is 0.754. The topological polar surface area (TPSA) is 66.3 Å². The van der Waals surface area contributed by atoms with E-state index in [1.54, 1.807) is 4.90 Å². The number of anilines is 2. The Labute approximate surface area is 160 Å². The van der Waals surface area contributed by atoms with E-state index in [1.165, 1.54) is 6.07 Å². The fourth-order valence-corrected chi connectivity index (χ4v) is 3.04. The Kier molecular flexibility index (Phi) is 4.88. The molecule has 0 aliphatic carbocycles. The molecular weight excluding hydrogens is 366 g/mol. The van der Waals surface area contributed by atoms with Crippen LogP contribution in [0.1, 0.15) is 0 Å². The Morgan fingerprint density at radius 2 is 1.61 bits per heavy atom. The maximum absolute atomic E-state index is 13.7. The summed E-state index contributed by atoms with van der Waals surface area (Å²) in [6.45, 7) is 2.07. The summed E-state index contributed by atoms with van der Waals surface area (Å²) in [7, 11) is 0. The fourth-order valence-electron chi connectivity index (χ4n) is 3.04. The Balaban J connectivity index is 1.34. The molecule has 4 rings (SSSR count). The van der Waals surface area contributed by atoms with E-state index >= 15 is 0 Å². The van der Waals surface area contributed by atoms with Crippen molar-refractivity contribution in [1.82, 2.24) is 19.7 Å². The number of urea groups is 1.